The van der Waals surface area contributed by atoms with Crippen LogP contribution in [0.3, 0.4) is 0 Å². The van der Waals surface area contributed by atoms with Gasteiger partial charge in [0.25, 0.3) is 5.91 Å². The van der Waals surface area contributed by atoms with Crippen molar-refractivity contribution in [3.05, 3.63) is 76.6 Å². The molecule has 1 unspecified atom stereocenters. The van der Waals surface area contributed by atoms with Crippen LogP contribution in [0.5, 0.6) is 0 Å². The summed E-state index contributed by atoms with van der Waals surface area (Å²) in [6, 6.07) is 11.3. The van der Waals surface area contributed by atoms with E-state index in [1.165, 1.54) is 0 Å². The van der Waals surface area contributed by atoms with Crippen LogP contribution in [0, 0.1) is 6.92 Å². The van der Waals surface area contributed by atoms with Crippen LogP contribution in [0.4, 0.5) is 11.4 Å². The van der Waals surface area contributed by atoms with Crippen LogP contribution >= 0.6 is 11.6 Å². The number of carbonyl (C=O) groups is 1. The summed E-state index contributed by atoms with van der Waals surface area (Å²) in [7, 11) is 1.80. The Labute approximate surface area is 170 Å². The van der Waals surface area contributed by atoms with E-state index in [2.05, 4.69) is 10.4 Å². The summed E-state index contributed by atoms with van der Waals surface area (Å²) in [4.78, 5) is 12.5. The molecule has 0 radical (unpaired) electrons. The third-order valence-electron chi connectivity index (χ3n) is 4.11. The highest BCUT2D eigenvalue weighted by molar-refractivity contribution is 7.81. The molecule has 28 heavy (non-hydrogen) atoms. The zero-order chi connectivity index (χ0) is 20.3. The van der Waals surface area contributed by atoms with E-state index in [1.54, 1.807) is 67.3 Å². The molecule has 3 aromatic rings. The van der Waals surface area contributed by atoms with Crippen molar-refractivity contribution in [3.63, 3.8) is 0 Å². The molecule has 2 aromatic carbocycles. The largest absolute Gasteiger partial charge is 0.755 e. The molecule has 1 amide bonds. The SMILES string of the molecule is Cc1ccc(C(=O)NCc2cnn(C)c2)cc1N(c1ccc(Cl)cc1)S(=O)[O-]. The van der Waals surface area contributed by atoms with E-state index in [9.17, 15) is 13.6 Å². The lowest BCUT2D eigenvalue weighted by Crippen LogP contribution is -2.24. The maximum Gasteiger partial charge on any atom is 0.251 e. The predicted molar refractivity (Wildman–Crippen MR) is 108 cm³/mol. The van der Waals surface area contributed by atoms with Crippen molar-refractivity contribution in [1.82, 2.24) is 15.1 Å². The first-order chi connectivity index (χ1) is 13.3. The number of aromatic nitrogens is 2. The van der Waals surface area contributed by atoms with Gasteiger partial charge in [0.1, 0.15) is 0 Å². The van der Waals surface area contributed by atoms with Crippen molar-refractivity contribution in [2.24, 2.45) is 7.05 Å². The lowest BCUT2D eigenvalue weighted by Gasteiger charge is -2.28. The summed E-state index contributed by atoms with van der Waals surface area (Å²) in [6.07, 6.45) is 3.48. The molecule has 1 N–H and O–H groups in total. The van der Waals surface area contributed by atoms with Crippen molar-refractivity contribution >= 4 is 40.1 Å². The molecule has 0 aliphatic carbocycles. The summed E-state index contributed by atoms with van der Waals surface area (Å²) in [5, 5.41) is 7.37. The molecule has 1 heterocycles. The highest BCUT2D eigenvalue weighted by Crippen LogP contribution is 2.31. The number of rotatable bonds is 6. The second-order valence-electron chi connectivity index (χ2n) is 6.19. The van der Waals surface area contributed by atoms with Crippen LogP contribution in [0.15, 0.2) is 54.9 Å². The molecule has 0 aliphatic rings. The summed E-state index contributed by atoms with van der Waals surface area (Å²) in [5.74, 6) is -0.308. The molecular formula is C19H18ClN4O3S-. The normalized spacial score (nSPS) is 11.9. The Morgan fingerprint density at radius 1 is 1.29 bits per heavy atom. The fraction of sp³-hybridized carbons (Fsp3) is 0.158. The monoisotopic (exact) mass is 417 g/mol. The van der Waals surface area contributed by atoms with Gasteiger partial charge in [-0.3, -0.25) is 18.0 Å². The van der Waals surface area contributed by atoms with Crippen LogP contribution in [-0.2, 0) is 24.9 Å². The third-order valence-corrected chi connectivity index (χ3v) is 5.07. The second kappa shape index (κ2) is 8.55. The Kier molecular flexibility index (Phi) is 6.13. The first-order valence-corrected chi connectivity index (χ1v) is 9.77. The lowest BCUT2D eigenvalue weighted by molar-refractivity contribution is 0.0951. The molecule has 0 aliphatic heterocycles. The van der Waals surface area contributed by atoms with Crippen LogP contribution in [0.2, 0.25) is 5.02 Å². The Bertz CT molecular complexity index is 1020. The van der Waals surface area contributed by atoms with Crippen LogP contribution in [-0.4, -0.2) is 24.4 Å². The average molecular weight is 418 g/mol. The Hall–Kier alpha value is -2.68. The molecule has 0 saturated carbocycles. The van der Waals surface area contributed by atoms with Gasteiger partial charge in [0.2, 0.25) is 0 Å². The number of hydrogen-bond acceptors (Lipinski definition) is 4. The fourth-order valence-electron chi connectivity index (χ4n) is 2.70. The standard InChI is InChI=1S/C19H19ClN4O3S/c1-13-3-4-15(19(25)21-10-14-11-22-23(2)12-14)9-18(13)24(28(26)27)17-7-5-16(20)6-8-17/h3-9,11-12H,10H2,1-2H3,(H,21,25)(H,26,27)/p-1. The third kappa shape index (κ3) is 4.59. The summed E-state index contributed by atoms with van der Waals surface area (Å²) in [6.45, 7) is 2.10. The van der Waals surface area contributed by atoms with Crippen molar-refractivity contribution in [1.29, 1.82) is 0 Å². The second-order valence-corrected chi connectivity index (χ2v) is 7.43. The zero-order valence-electron chi connectivity index (χ0n) is 15.3. The number of aryl methyl sites for hydroxylation is 2. The summed E-state index contributed by atoms with van der Waals surface area (Å²) in [5.41, 5.74) is 2.75. The van der Waals surface area contributed by atoms with Gasteiger partial charge >= 0.3 is 0 Å². The molecule has 9 heteroatoms. The van der Waals surface area contributed by atoms with Gasteiger partial charge in [0.15, 0.2) is 0 Å². The maximum atomic E-state index is 12.5. The molecular weight excluding hydrogens is 400 g/mol. The molecule has 3 rings (SSSR count). The van der Waals surface area contributed by atoms with Crippen LogP contribution in [0.25, 0.3) is 0 Å². The van der Waals surface area contributed by atoms with Gasteiger partial charge in [-0.05, 0) is 48.9 Å². The number of benzene rings is 2. The smallest absolute Gasteiger partial charge is 0.251 e. The number of anilines is 2. The first-order valence-electron chi connectivity index (χ1n) is 8.36. The van der Waals surface area contributed by atoms with E-state index in [0.717, 1.165) is 9.87 Å². The van der Waals surface area contributed by atoms with E-state index >= 15 is 0 Å². The van der Waals surface area contributed by atoms with Gasteiger partial charge in [0.05, 0.1) is 28.8 Å². The molecule has 146 valence electrons. The van der Waals surface area contributed by atoms with Crippen molar-refractivity contribution in [2.75, 3.05) is 4.31 Å². The Balaban J connectivity index is 1.87. The number of halogens is 1. The summed E-state index contributed by atoms with van der Waals surface area (Å²) >= 11 is 3.32. The van der Waals surface area contributed by atoms with Gasteiger partial charge in [-0.15, -0.1) is 0 Å². The van der Waals surface area contributed by atoms with Gasteiger partial charge in [-0.25, -0.2) is 0 Å². The number of nitrogens with zero attached hydrogens (tertiary/aromatic N) is 3. The van der Waals surface area contributed by atoms with E-state index < -0.39 is 11.3 Å². The number of hydrogen-bond donors (Lipinski definition) is 1. The molecule has 1 aromatic heterocycles. The van der Waals surface area contributed by atoms with E-state index in [1.807, 2.05) is 6.20 Å². The highest BCUT2D eigenvalue weighted by Gasteiger charge is 2.16. The minimum absolute atomic E-state index is 0.308. The topological polar surface area (TPSA) is 90.3 Å². The maximum absolute atomic E-state index is 12.5. The molecule has 0 spiro atoms. The van der Waals surface area contributed by atoms with Gasteiger partial charge in [-0.1, -0.05) is 17.7 Å². The average Bonchev–Trinajstić information content (AvgIpc) is 3.08. The minimum Gasteiger partial charge on any atom is -0.755 e. The fourth-order valence-corrected chi connectivity index (χ4v) is 3.48. The highest BCUT2D eigenvalue weighted by atomic mass is 35.5. The quantitative estimate of drug-likeness (QED) is 0.623. The first kappa shape index (κ1) is 20.1. The predicted octanol–water partition coefficient (Wildman–Crippen LogP) is 3.24. The Morgan fingerprint density at radius 3 is 2.61 bits per heavy atom. The lowest BCUT2D eigenvalue weighted by atomic mass is 10.1. The minimum atomic E-state index is -2.58. The van der Waals surface area contributed by atoms with Gasteiger partial charge in [-0.2, -0.15) is 5.10 Å². The van der Waals surface area contributed by atoms with Crippen molar-refractivity contribution in [2.45, 2.75) is 13.5 Å². The van der Waals surface area contributed by atoms with Crippen molar-refractivity contribution in [3.8, 4) is 0 Å². The van der Waals surface area contributed by atoms with Crippen LogP contribution in [0.1, 0.15) is 21.5 Å². The Morgan fingerprint density at radius 2 is 2.00 bits per heavy atom. The van der Waals surface area contributed by atoms with E-state index in [0.29, 0.717) is 34.1 Å². The molecule has 0 saturated heterocycles. The van der Waals surface area contributed by atoms with Crippen molar-refractivity contribution < 1.29 is 13.6 Å². The van der Waals surface area contributed by atoms with Crippen LogP contribution < -0.4 is 9.62 Å². The molecule has 7 nitrogen and oxygen atoms in total. The zero-order valence-corrected chi connectivity index (χ0v) is 16.8. The van der Waals surface area contributed by atoms with Gasteiger partial charge in [0, 0.05) is 35.9 Å². The number of carbonyl (C=O) groups excluding carboxylic acids is 1. The van der Waals surface area contributed by atoms with E-state index in [-0.39, 0.29) is 5.91 Å². The number of nitrogens with one attached hydrogen (secondary N) is 1. The molecule has 0 bridgehead atoms. The number of amides is 1. The summed E-state index contributed by atoms with van der Waals surface area (Å²) < 4.78 is 26.6. The molecule has 1 atom stereocenters. The van der Waals surface area contributed by atoms with Gasteiger partial charge < -0.3 is 9.87 Å². The van der Waals surface area contributed by atoms with E-state index in [4.69, 9.17) is 11.6 Å². The molecule has 0 fully saturated rings.